The molecule has 1 fully saturated rings. The standard InChI is InChI=1S/C13H17NO4/c1-17-11-5-3-4-10(12(11)18-2)13(16)14-7-6-9(15)8-14/h3-5,9,15H,6-8H2,1-2H3/t9-/m0/s1. The van der Waals surface area contributed by atoms with Crippen molar-refractivity contribution in [3.63, 3.8) is 0 Å². The number of para-hydroxylation sites is 1. The van der Waals surface area contributed by atoms with Gasteiger partial charge in [0.15, 0.2) is 11.5 Å². The minimum atomic E-state index is -0.425. The number of aliphatic hydroxyl groups excluding tert-OH is 1. The number of carbonyl (C=O) groups is 1. The van der Waals surface area contributed by atoms with Crippen molar-refractivity contribution in [2.45, 2.75) is 12.5 Å². The van der Waals surface area contributed by atoms with E-state index in [9.17, 15) is 9.90 Å². The van der Waals surface area contributed by atoms with Crippen LogP contribution in [0.3, 0.4) is 0 Å². The summed E-state index contributed by atoms with van der Waals surface area (Å²) in [5.41, 5.74) is 0.464. The van der Waals surface area contributed by atoms with Crippen molar-refractivity contribution in [1.82, 2.24) is 4.90 Å². The van der Waals surface area contributed by atoms with Gasteiger partial charge in [-0.25, -0.2) is 0 Å². The fraction of sp³-hybridized carbons (Fsp3) is 0.462. The van der Waals surface area contributed by atoms with Crippen LogP contribution >= 0.6 is 0 Å². The van der Waals surface area contributed by atoms with Crippen LogP contribution in [-0.2, 0) is 0 Å². The number of carbonyl (C=O) groups excluding carboxylic acids is 1. The maximum Gasteiger partial charge on any atom is 0.257 e. The van der Waals surface area contributed by atoms with Gasteiger partial charge in [0.05, 0.1) is 25.9 Å². The maximum absolute atomic E-state index is 12.3. The Bertz CT molecular complexity index is 447. The Kier molecular flexibility index (Phi) is 3.72. The van der Waals surface area contributed by atoms with Crippen LogP contribution in [0, 0.1) is 0 Å². The van der Waals surface area contributed by atoms with Gasteiger partial charge in [0.1, 0.15) is 0 Å². The van der Waals surface area contributed by atoms with E-state index in [0.717, 1.165) is 0 Å². The van der Waals surface area contributed by atoms with Crippen molar-refractivity contribution >= 4 is 5.91 Å². The molecule has 1 aromatic rings. The molecule has 1 amide bonds. The number of hydrogen-bond acceptors (Lipinski definition) is 4. The molecule has 1 aliphatic rings. The van der Waals surface area contributed by atoms with Crippen molar-refractivity contribution in [3.05, 3.63) is 23.8 Å². The topological polar surface area (TPSA) is 59.0 Å². The number of hydrogen-bond donors (Lipinski definition) is 1. The summed E-state index contributed by atoms with van der Waals surface area (Å²) in [6, 6.07) is 5.20. The highest BCUT2D eigenvalue weighted by Crippen LogP contribution is 2.32. The van der Waals surface area contributed by atoms with Crippen LogP contribution in [0.5, 0.6) is 11.5 Å². The smallest absolute Gasteiger partial charge is 0.257 e. The minimum absolute atomic E-state index is 0.137. The third-order valence-corrected chi connectivity index (χ3v) is 3.08. The quantitative estimate of drug-likeness (QED) is 0.867. The number of methoxy groups -OCH3 is 2. The molecular formula is C13H17NO4. The summed E-state index contributed by atoms with van der Waals surface area (Å²) in [4.78, 5) is 13.9. The summed E-state index contributed by atoms with van der Waals surface area (Å²) < 4.78 is 10.4. The van der Waals surface area contributed by atoms with E-state index >= 15 is 0 Å². The summed E-state index contributed by atoms with van der Waals surface area (Å²) in [6.45, 7) is 0.944. The summed E-state index contributed by atoms with van der Waals surface area (Å²) in [5, 5.41) is 9.47. The number of nitrogens with zero attached hydrogens (tertiary/aromatic N) is 1. The summed E-state index contributed by atoms with van der Waals surface area (Å²) in [5.74, 6) is 0.830. The highest BCUT2D eigenvalue weighted by molar-refractivity contribution is 5.98. The Labute approximate surface area is 106 Å². The predicted octanol–water partition coefficient (Wildman–Crippen LogP) is 0.911. The first kappa shape index (κ1) is 12.7. The first-order valence-corrected chi connectivity index (χ1v) is 5.85. The SMILES string of the molecule is COc1cccc(C(=O)N2CC[C@H](O)C2)c1OC. The van der Waals surface area contributed by atoms with Gasteiger partial charge >= 0.3 is 0 Å². The molecule has 0 aromatic heterocycles. The number of amides is 1. The number of β-amino-alcohol motifs (C(OH)–C–C–N with tert-alkyl or cyclic N) is 1. The van der Waals surface area contributed by atoms with Crippen molar-refractivity contribution < 1.29 is 19.4 Å². The molecule has 1 atom stereocenters. The zero-order valence-electron chi connectivity index (χ0n) is 10.5. The monoisotopic (exact) mass is 251 g/mol. The molecule has 0 unspecified atom stereocenters. The zero-order valence-corrected chi connectivity index (χ0v) is 10.5. The molecule has 1 heterocycles. The number of aliphatic hydroxyl groups is 1. The Morgan fingerprint density at radius 2 is 2.17 bits per heavy atom. The molecule has 0 aliphatic carbocycles. The van der Waals surface area contributed by atoms with Crippen molar-refractivity contribution in [2.75, 3.05) is 27.3 Å². The van der Waals surface area contributed by atoms with E-state index in [1.54, 1.807) is 23.1 Å². The summed E-state index contributed by atoms with van der Waals surface area (Å²) >= 11 is 0. The van der Waals surface area contributed by atoms with Gasteiger partial charge in [0, 0.05) is 13.1 Å². The molecule has 0 bridgehead atoms. The molecule has 2 rings (SSSR count). The average Bonchev–Trinajstić information content (AvgIpc) is 2.83. The van der Waals surface area contributed by atoms with E-state index in [1.807, 2.05) is 0 Å². The van der Waals surface area contributed by atoms with E-state index < -0.39 is 6.10 Å². The highest BCUT2D eigenvalue weighted by Gasteiger charge is 2.28. The van der Waals surface area contributed by atoms with Crippen LogP contribution in [0.25, 0.3) is 0 Å². The van der Waals surface area contributed by atoms with Crippen LogP contribution in [0.4, 0.5) is 0 Å². The maximum atomic E-state index is 12.3. The van der Waals surface area contributed by atoms with Gasteiger partial charge in [0.25, 0.3) is 5.91 Å². The van der Waals surface area contributed by atoms with E-state index in [0.29, 0.717) is 36.6 Å². The van der Waals surface area contributed by atoms with Crippen molar-refractivity contribution in [1.29, 1.82) is 0 Å². The van der Waals surface area contributed by atoms with E-state index in [1.165, 1.54) is 14.2 Å². The molecule has 5 nitrogen and oxygen atoms in total. The predicted molar refractivity (Wildman–Crippen MR) is 66.1 cm³/mol. The van der Waals surface area contributed by atoms with Gasteiger partial charge in [-0.05, 0) is 18.6 Å². The van der Waals surface area contributed by atoms with Gasteiger partial charge in [0.2, 0.25) is 0 Å². The van der Waals surface area contributed by atoms with Gasteiger partial charge in [-0.3, -0.25) is 4.79 Å². The van der Waals surface area contributed by atoms with Gasteiger partial charge in [-0.2, -0.15) is 0 Å². The van der Waals surface area contributed by atoms with E-state index in [2.05, 4.69) is 0 Å². The lowest BCUT2D eigenvalue weighted by atomic mass is 10.1. The van der Waals surface area contributed by atoms with Crippen LogP contribution < -0.4 is 9.47 Å². The lowest BCUT2D eigenvalue weighted by Crippen LogP contribution is -2.29. The Morgan fingerprint density at radius 3 is 2.72 bits per heavy atom. The molecule has 0 spiro atoms. The summed E-state index contributed by atoms with van der Waals surface area (Å²) in [7, 11) is 3.04. The van der Waals surface area contributed by atoms with Crippen LogP contribution in [-0.4, -0.2) is 49.3 Å². The minimum Gasteiger partial charge on any atom is -0.493 e. The van der Waals surface area contributed by atoms with E-state index in [4.69, 9.17) is 9.47 Å². The third kappa shape index (κ3) is 2.26. The van der Waals surface area contributed by atoms with Crippen LogP contribution in [0.2, 0.25) is 0 Å². The Balaban J connectivity index is 2.30. The Hall–Kier alpha value is -1.75. The number of likely N-dealkylation sites (tertiary alicyclic amines) is 1. The molecule has 1 saturated heterocycles. The fourth-order valence-corrected chi connectivity index (χ4v) is 2.15. The second kappa shape index (κ2) is 5.27. The lowest BCUT2D eigenvalue weighted by Gasteiger charge is -2.18. The first-order valence-electron chi connectivity index (χ1n) is 5.85. The first-order chi connectivity index (χ1) is 8.67. The third-order valence-electron chi connectivity index (χ3n) is 3.08. The molecule has 1 aliphatic heterocycles. The van der Waals surface area contributed by atoms with Gasteiger partial charge < -0.3 is 19.5 Å². The number of rotatable bonds is 3. The molecule has 5 heteroatoms. The summed E-state index contributed by atoms with van der Waals surface area (Å²) in [6.07, 6.45) is 0.198. The van der Waals surface area contributed by atoms with Crippen molar-refractivity contribution in [2.24, 2.45) is 0 Å². The largest absolute Gasteiger partial charge is 0.493 e. The molecule has 1 N–H and O–H groups in total. The molecule has 18 heavy (non-hydrogen) atoms. The molecule has 98 valence electrons. The molecule has 1 aromatic carbocycles. The molecule has 0 saturated carbocycles. The van der Waals surface area contributed by atoms with Crippen LogP contribution in [0.15, 0.2) is 18.2 Å². The van der Waals surface area contributed by atoms with E-state index in [-0.39, 0.29) is 5.91 Å². The normalized spacial score (nSPS) is 18.8. The number of ether oxygens (including phenoxy) is 2. The average molecular weight is 251 g/mol. The lowest BCUT2D eigenvalue weighted by molar-refractivity contribution is 0.0761. The highest BCUT2D eigenvalue weighted by atomic mass is 16.5. The second-order valence-electron chi connectivity index (χ2n) is 4.23. The van der Waals surface area contributed by atoms with Gasteiger partial charge in [-0.1, -0.05) is 6.07 Å². The van der Waals surface area contributed by atoms with Crippen LogP contribution in [0.1, 0.15) is 16.8 Å². The zero-order chi connectivity index (χ0) is 13.1. The van der Waals surface area contributed by atoms with Crippen molar-refractivity contribution in [3.8, 4) is 11.5 Å². The van der Waals surface area contributed by atoms with Gasteiger partial charge in [-0.15, -0.1) is 0 Å². The second-order valence-corrected chi connectivity index (χ2v) is 4.23. The fourth-order valence-electron chi connectivity index (χ4n) is 2.15. The molecule has 0 radical (unpaired) electrons. The Morgan fingerprint density at radius 1 is 1.39 bits per heavy atom. The number of benzene rings is 1. The molecular weight excluding hydrogens is 234 g/mol.